The van der Waals surface area contributed by atoms with Crippen molar-refractivity contribution in [2.45, 2.75) is 12.1 Å². The van der Waals surface area contributed by atoms with Crippen molar-refractivity contribution in [3.05, 3.63) is 39.9 Å². The second-order valence-corrected chi connectivity index (χ2v) is 4.35. The van der Waals surface area contributed by atoms with E-state index in [1.54, 1.807) is 0 Å². The zero-order chi connectivity index (χ0) is 12.4. The van der Waals surface area contributed by atoms with E-state index in [0.717, 1.165) is 0 Å². The fourth-order valence-electron chi connectivity index (χ4n) is 1.49. The van der Waals surface area contributed by atoms with Crippen molar-refractivity contribution in [3.63, 3.8) is 0 Å². The highest BCUT2D eigenvalue weighted by molar-refractivity contribution is 7.75. The number of hydrogen-bond donors (Lipinski definition) is 1. The van der Waals surface area contributed by atoms with Gasteiger partial charge in [0.05, 0.1) is 17.6 Å². The van der Waals surface area contributed by atoms with E-state index < -0.39 is 28.4 Å². The average molecular weight is 258 g/mol. The second-order valence-electron chi connectivity index (χ2n) is 3.52. The van der Waals surface area contributed by atoms with Crippen LogP contribution in [0.25, 0.3) is 0 Å². The van der Waals surface area contributed by atoms with Gasteiger partial charge in [0.2, 0.25) is 0 Å². The summed E-state index contributed by atoms with van der Waals surface area (Å²) in [5.41, 5.74) is 6.37. The molecule has 7 nitrogen and oxygen atoms in total. The van der Waals surface area contributed by atoms with Crippen molar-refractivity contribution in [2.24, 2.45) is 5.73 Å². The van der Waals surface area contributed by atoms with Gasteiger partial charge in [0, 0.05) is 12.1 Å². The van der Waals surface area contributed by atoms with Crippen LogP contribution in [0.2, 0.25) is 0 Å². The van der Waals surface area contributed by atoms with Crippen LogP contribution in [-0.2, 0) is 19.7 Å². The van der Waals surface area contributed by atoms with Gasteiger partial charge in [0.1, 0.15) is 6.10 Å². The van der Waals surface area contributed by atoms with Crippen LogP contribution in [0.15, 0.2) is 24.3 Å². The molecule has 1 fully saturated rings. The van der Waals surface area contributed by atoms with Crippen LogP contribution in [0.4, 0.5) is 5.69 Å². The molecule has 8 heteroatoms. The number of hydrogen-bond acceptors (Lipinski definition) is 6. The Morgan fingerprint density at radius 1 is 1.41 bits per heavy atom. The molecule has 0 radical (unpaired) electrons. The van der Waals surface area contributed by atoms with E-state index in [4.69, 9.17) is 14.1 Å². The average Bonchev–Trinajstić information content (AvgIpc) is 2.32. The molecule has 1 aromatic carbocycles. The smallest absolute Gasteiger partial charge is 0.305 e. The number of nitro benzene ring substituents is 1. The summed E-state index contributed by atoms with van der Waals surface area (Å²) in [7, 11) is 0. The fraction of sp³-hybridized carbons (Fsp3) is 0.333. The summed E-state index contributed by atoms with van der Waals surface area (Å²) < 4.78 is 20.8. The van der Waals surface area contributed by atoms with Crippen LogP contribution >= 0.6 is 0 Å². The van der Waals surface area contributed by atoms with Crippen molar-refractivity contribution in [1.82, 2.24) is 0 Å². The standard InChI is InChI=1S/C9H10N2O5S/c10-8-5-15-17(14)16-9(8)6-1-3-7(4-2-6)11(12)13/h1-4,8-9H,5,10H2/t8-,9+,17-/m0/s1. The third-order valence-electron chi connectivity index (χ3n) is 2.36. The molecule has 0 unspecified atom stereocenters. The lowest BCUT2D eigenvalue weighted by molar-refractivity contribution is -0.384. The minimum atomic E-state index is -1.82. The zero-order valence-corrected chi connectivity index (χ0v) is 9.46. The first kappa shape index (κ1) is 12.1. The number of rotatable bonds is 2. The summed E-state index contributed by atoms with van der Waals surface area (Å²) >= 11 is -1.82. The zero-order valence-electron chi connectivity index (χ0n) is 8.65. The number of nitro groups is 1. The van der Waals surface area contributed by atoms with Crippen molar-refractivity contribution >= 4 is 17.0 Å². The molecule has 1 aliphatic rings. The molecule has 2 N–H and O–H groups in total. The molecule has 1 saturated heterocycles. The van der Waals surface area contributed by atoms with Crippen LogP contribution in [-0.4, -0.2) is 21.8 Å². The lowest BCUT2D eigenvalue weighted by Crippen LogP contribution is -2.39. The molecule has 17 heavy (non-hydrogen) atoms. The van der Waals surface area contributed by atoms with Crippen LogP contribution in [0.5, 0.6) is 0 Å². The fourth-order valence-corrected chi connectivity index (χ4v) is 2.24. The van der Waals surface area contributed by atoms with Gasteiger partial charge in [-0.3, -0.25) is 18.5 Å². The number of nitrogens with zero attached hydrogens (tertiary/aromatic N) is 1. The molecule has 0 saturated carbocycles. The molecule has 0 amide bonds. The van der Waals surface area contributed by atoms with Gasteiger partial charge in [-0.25, -0.2) is 0 Å². The highest BCUT2D eigenvalue weighted by atomic mass is 32.2. The Labute approximate surface area is 99.5 Å². The van der Waals surface area contributed by atoms with E-state index in [9.17, 15) is 14.3 Å². The lowest BCUT2D eigenvalue weighted by atomic mass is 10.0. The van der Waals surface area contributed by atoms with Gasteiger partial charge in [-0.2, -0.15) is 4.21 Å². The summed E-state index contributed by atoms with van der Waals surface area (Å²) in [6, 6.07) is 5.32. The minimum Gasteiger partial charge on any atom is -0.323 e. The molecule has 1 aliphatic heterocycles. The molecule has 3 atom stereocenters. The van der Waals surface area contributed by atoms with Gasteiger partial charge >= 0.3 is 11.4 Å². The molecular weight excluding hydrogens is 248 g/mol. The van der Waals surface area contributed by atoms with E-state index in [0.29, 0.717) is 5.56 Å². The summed E-state index contributed by atoms with van der Waals surface area (Å²) in [4.78, 5) is 9.99. The van der Waals surface area contributed by atoms with E-state index >= 15 is 0 Å². The third kappa shape index (κ3) is 2.67. The van der Waals surface area contributed by atoms with E-state index in [1.807, 2.05) is 0 Å². The Balaban J connectivity index is 2.21. The third-order valence-corrected chi connectivity index (χ3v) is 3.05. The van der Waals surface area contributed by atoms with Crippen LogP contribution in [0, 0.1) is 10.1 Å². The molecule has 92 valence electrons. The van der Waals surface area contributed by atoms with Gasteiger partial charge in [0.25, 0.3) is 5.69 Å². The van der Waals surface area contributed by atoms with Crippen LogP contribution < -0.4 is 5.73 Å². The van der Waals surface area contributed by atoms with Gasteiger partial charge < -0.3 is 5.73 Å². The Bertz CT molecular complexity index is 449. The van der Waals surface area contributed by atoms with Gasteiger partial charge in [-0.1, -0.05) is 0 Å². The van der Waals surface area contributed by atoms with Crippen LogP contribution in [0.1, 0.15) is 11.7 Å². The van der Waals surface area contributed by atoms with Crippen molar-refractivity contribution in [3.8, 4) is 0 Å². The lowest BCUT2D eigenvalue weighted by Gasteiger charge is -2.27. The molecule has 0 aliphatic carbocycles. The molecule has 1 heterocycles. The first-order valence-corrected chi connectivity index (χ1v) is 5.80. The SMILES string of the molecule is N[C@H]1CO[S@](=O)O[C@@H]1c1ccc([N+](=O)[O-])cc1. The maximum absolute atomic E-state index is 11.1. The van der Waals surface area contributed by atoms with Crippen molar-refractivity contribution in [1.29, 1.82) is 0 Å². The topological polar surface area (TPSA) is 105 Å². The Morgan fingerprint density at radius 2 is 2.06 bits per heavy atom. The maximum Gasteiger partial charge on any atom is 0.305 e. The summed E-state index contributed by atoms with van der Waals surface area (Å²) in [6.07, 6.45) is -0.578. The minimum absolute atomic E-state index is 0.0181. The number of nitrogens with two attached hydrogens (primary N) is 1. The van der Waals surface area contributed by atoms with Gasteiger partial charge in [-0.05, 0) is 17.7 Å². The monoisotopic (exact) mass is 258 g/mol. The van der Waals surface area contributed by atoms with E-state index in [1.165, 1.54) is 24.3 Å². The quantitative estimate of drug-likeness (QED) is 0.614. The first-order valence-electron chi connectivity index (χ1n) is 4.80. The molecule has 1 aromatic rings. The van der Waals surface area contributed by atoms with E-state index in [2.05, 4.69) is 0 Å². The Hall–Kier alpha value is -1.35. The van der Waals surface area contributed by atoms with Gasteiger partial charge in [-0.15, -0.1) is 0 Å². The van der Waals surface area contributed by atoms with E-state index in [-0.39, 0.29) is 12.3 Å². The van der Waals surface area contributed by atoms with Gasteiger partial charge in [0.15, 0.2) is 0 Å². The summed E-state index contributed by atoms with van der Waals surface area (Å²) in [6.45, 7) is 0.119. The highest BCUT2D eigenvalue weighted by Gasteiger charge is 2.29. The normalized spacial score (nSPS) is 28.9. The van der Waals surface area contributed by atoms with Crippen molar-refractivity contribution in [2.75, 3.05) is 6.61 Å². The molecule has 0 bridgehead atoms. The first-order chi connectivity index (χ1) is 8.08. The Kier molecular flexibility index (Phi) is 3.48. The molecular formula is C9H10N2O5S. The highest BCUT2D eigenvalue weighted by Crippen LogP contribution is 2.27. The molecule has 0 spiro atoms. The number of benzene rings is 1. The molecule has 0 aromatic heterocycles. The second kappa shape index (κ2) is 4.88. The number of non-ortho nitro benzene ring substituents is 1. The van der Waals surface area contributed by atoms with Crippen molar-refractivity contribution < 1.29 is 17.5 Å². The predicted molar refractivity (Wildman–Crippen MR) is 59.0 cm³/mol. The van der Waals surface area contributed by atoms with Crippen LogP contribution in [0.3, 0.4) is 0 Å². The molecule has 2 rings (SSSR count). The maximum atomic E-state index is 11.1. The summed E-state index contributed by atoms with van der Waals surface area (Å²) in [5.74, 6) is 0. The predicted octanol–water partition coefficient (Wildman–Crippen LogP) is 0.589. The Morgan fingerprint density at radius 3 is 2.65 bits per heavy atom. The largest absolute Gasteiger partial charge is 0.323 e. The summed E-state index contributed by atoms with van der Waals surface area (Å²) in [5, 5.41) is 10.5.